The van der Waals surface area contributed by atoms with Crippen LogP contribution in [-0.4, -0.2) is 10.1 Å². The van der Waals surface area contributed by atoms with Gasteiger partial charge in [0.1, 0.15) is 0 Å². The van der Waals surface area contributed by atoms with Crippen LogP contribution in [0.15, 0.2) is 36.5 Å². The van der Waals surface area contributed by atoms with Crippen LogP contribution in [0.2, 0.25) is 0 Å². The standard InChI is InChI=1S/C18H23NO/c1-2-13-5-7-15(8-6-13)18(20)16-10-9-14-4-3-11-19-17(14)12-16/h3-4,9-13,15,18,20H,2,5-8H2,1H3. The molecule has 20 heavy (non-hydrogen) atoms. The maximum Gasteiger partial charge on any atom is 0.0818 e. The third-order valence-corrected chi connectivity index (χ3v) is 4.89. The smallest absolute Gasteiger partial charge is 0.0818 e. The minimum absolute atomic E-state index is 0.334. The Morgan fingerprint density at radius 2 is 2.00 bits per heavy atom. The molecule has 0 aliphatic heterocycles. The number of aliphatic hydroxyl groups is 1. The van der Waals surface area contributed by atoms with E-state index in [2.05, 4.69) is 30.1 Å². The number of hydrogen-bond donors (Lipinski definition) is 1. The Balaban J connectivity index is 1.77. The average molecular weight is 269 g/mol. The summed E-state index contributed by atoms with van der Waals surface area (Å²) in [4.78, 5) is 4.38. The molecule has 1 aromatic heterocycles. The number of hydrogen-bond acceptors (Lipinski definition) is 2. The van der Waals surface area contributed by atoms with Crippen LogP contribution in [-0.2, 0) is 0 Å². The van der Waals surface area contributed by atoms with Gasteiger partial charge in [0.05, 0.1) is 11.6 Å². The Bertz CT molecular complexity index is 572. The molecule has 1 aliphatic carbocycles. The normalized spacial score (nSPS) is 24.7. The van der Waals surface area contributed by atoms with Gasteiger partial charge in [-0.15, -0.1) is 0 Å². The monoisotopic (exact) mass is 269 g/mol. The number of pyridine rings is 1. The first-order valence-electron chi connectivity index (χ1n) is 7.80. The van der Waals surface area contributed by atoms with E-state index in [1.54, 1.807) is 0 Å². The summed E-state index contributed by atoms with van der Waals surface area (Å²) >= 11 is 0. The highest BCUT2D eigenvalue weighted by Crippen LogP contribution is 2.38. The van der Waals surface area contributed by atoms with Crippen molar-refractivity contribution in [1.29, 1.82) is 0 Å². The molecule has 2 nitrogen and oxygen atoms in total. The molecule has 1 saturated carbocycles. The molecular weight excluding hydrogens is 246 g/mol. The zero-order chi connectivity index (χ0) is 13.9. The lowest BCUT2D eigenvalue weighted by Gasteiger charge is -2.31. The Morgan fingerprint density at radius 1 is 1.20 bits per heavy atom. The maximum atomic E-state index is 10.6. The first-order valence-corrected chi connectivity index (χ1v) is 7.80. The lowest BCUT2D eigenvalue weighted by atomic mass is 9.77. The third kappa shape index (κ3) is 2.71. The van der Waals surface area contributed by atoms with Crippen molar-refractivity contribution >= 4 is 10.9 Å². The molecule has 106 valence electrons. The van der Waals surface area contributed by atoms with Gasteiger partial charge in [-0.1, -0.05) is 44.4 Å². The Morgan fingerprint density at radius 3 is 2.75 bits per heavy atom. The van der Waals surface area contributed by atoms with Gasteiger partial charge >= 0.3 is 0 Å². The van der Waals surface area contributed by atoms with E-state index in [4.69, 9.17) is 0 Å². The molecule has 1 aromatic carbocycles. The van der Waals surface area contributed by atoms with Crippen molar-refractivity contribution < 1.29 is 5.11 Å². The summed E-state index contributed by atoms with van der Waals surface area (Å²) in [6.45, 7) is 2.27. The summed E-state index contributed by atoms with van der Waals surface area (Å²) in [7, 11) is 0. The lowest BCUT2D eigenvalue weighted by Crippen LogP contribution is -2.20. The van der Waals surface area contributed by atoms with Crippen LogP contribution in [0, 0.1) is 11.8 Å². The molecule has 0 radical (unpaired) electrons. The van der Waals surface area contributed by atoms with E-state index >= 15 is 0 Å². The molecule has 1 aliphatic rings. The zero-order valence-corrected chi connectivity index (χ0v) is 12.1. The number of fused-ring (bicyclic) bond motifs is 1. The van der Waals surface area contributed by atoms with Crippen molar-refractivity contribution in [3.8, 4) is 0 Å². The molecule has 1 atom stereocenters. The van der Waals surface area contributed by atoms with E-state index < -0.39 is 0 Å². The van der Waals surface area contributed by atoms with Crippen LogP contribution in [0.5, 0.6) is 0 Å². The second kappa shape index (κ2) is 5.92. The number of benzene rings is 1. The second-order valence-corrected chi connectivity index (χ2v) is 6.09. The van der Waals surface area contributed by atoms with Crippen LogP contribution in [0.25, 0.3) is 10.9 Å². The highest BCUT2D eigenvalue weighted by Gasteiger charge is 2.26. The minimum Gasteiger partial charge on any atom is -0.388 e. The van der Waals surface area contributed by atoms with Gasteiger partial charge in [-0.05, 0) is 42.4 Å². The lowest BCUT2D eigenvalue weighted by molar-refractivity contribution is 0.0730. The van der Waals surface area contributed by atoms with Gasteiger partial charge in [0.15, 0.2) is 0 Å². The summed E-state index contributed by atoms with van der Waals surface area (Å²) in [6.07, 6.45) is 7.60. The van der Waals surface area contributed by atoms with E-state index in [9.17, 15) is 5.11 Å². The molecule has 0 bridgehead atoms. The fraction of sp³-hybridized carbons (Fsp3) is 0.500. The Labute approximate surface area is 120 Å². The van der Waals surface area contributed by atoms with Gasteiger partial charge in [0.2, 0.25) is 0 Å². The first-order chi connectivity index (χ1) is 9.78. The minimum atomic E-state index is -0.334. The molecule has 1 fully saturated rings. The topological polar surface area (TPSA) is 33.1 Å². The zero-order valence-electron chi connectivity index (χ0n) is 12.1. The van der Waals surface area contributed by atoms with Crippen LogP contribution >= 0.6 is 0 Å². The average Bonchev–Trinajstić information content (AvgIpc) is 2.54. The molecular formula is C18H23NO. The predicted octanol–water partition coefficient (Wildman–Crippen LogP) is 4.48. The molecule has 0 saturated heterocycles. The van der Waals surface area contributed by atoms with Gasteiger partial charge in [0.25, 0.3) is 0 Å². The summed E-state index contributed by atoms with van der Waals surface area (Å²) in [5, 5.41) is 11.8. The van der Waals surface area contributed by atoms with Crippen molar-refractivity contribution in [2.75, 3.05) is 0 Å². The molecule has 0 amide bonds. The van der Waals surface area contributed by atoms with E-state index in [0.29, 0.717) is 5.92 Å². The molecule has 2 heteroatoms. The van der Waals surface area contributed by atoms with Gasteiger partial charge in [-0.3, -0.25) is 4.98 Å². The van der Waals surface area contributed by atoms with E-state index in [1.165, 1.54) is 19.3 Å². The highest BCUT2D eigenvalue weighted by atomic mass is 16.3. The molecule has 1 N–H and O–H groups in total. The van der Waals surface area contributed by atoms with Crippen molar-refractivity contribution in [3.63, 3.8) is 0 Å². The van der Waals surface area contributed by atoms with E-state index in [0.717, 1.165) is 35.2 Å². The number of aromatic nitrogens is 1. The quantitative estimate of drug-likeness (QED) is 0.891. The van der Waals surface area contributed by atoms with Gasteiger partial charge < -0.3 is 5.11 Å². The summed E-state index contributed by atoms with van der Waals surface area (Å²) in [5.41, 5.74) is 2.00. The van der Waals surface area contributed by atoms with Crippen LogP contribution < -0.4 is 0 Å². The predicted molar refractivity (Wildman–Crippen MR) is 82.4 cm³/mol. The Hall–Kier alpha value is -1.41. The molecule has 1 unspecified atom stereocenters. The van der Waals surface area contributed by atoms with Crippen molar-refractivity contribution in [1.82, 2.24) is 4.98 Å². The van der Waals surface area contributed by atoms with Crippen LogP contribution in [0.4, 0.5) is 0 Å². The van der Waals surface area contributed by atoms with Gasteiger partial charge in [0, 0.05) is 11.6 Å². The van der Waals surface area contributed by atoms with Crippen LogP contribution in [0.1, 0.15) is 50.7 Å². The number of rotatable bonds is 3. The third-order valence-electron chi connectivity index (χ3n) is 4.89. The first kappa shape index (κ1) is 13.6. The second-order valence-electron chi connectivity index (χ2n) is 6.09. The molecule has 0 spiro atoms. The van der Waals surface area contributed by atoms with Gasteiger partial charge in [-0.25, -0.2) is 0 Å². The van der Waals surface area contributed by atoms with Crippen molar-refractivity contribution in [3.05, 3.63) is 42.1 Å². The summed E-state index contributed by atoms with van der Waals surface area (Å²) < 4.78 is 0. The van der Waals surface area contributed by atoms with E-state index in [1.807, 2.05) is 18.3 Å². The Kier molecular flexibility index (Phi) is 4.02. The van der Waals surface area contributed by atoms with Crippen molar-refractivity contribution in [2.24, 2.45) is 11.8 Å². The highest BCUT2D eigenvalue weighted by molar-refractivity contribution is 5.78. The fourth-order valence-electron chi connectivity index (χ4n) is 3.45. The maximum absolute atomic E-state index is 10.6. The van der Waals surface area contributed by atoms with Crippen LogP contribution in [0.3, 0.4) is 0 Å². The largest absolute Gasteiger partial charge is 0.388 e. The summed E-state index contributed by atoms with van der Waals surface area (Å²) in [6, 6.07) is 10.2. The molecule has 3 rings (SSSR count). The fourth-order valence-corrected chi connectivity index (χ4v) is 3.45. The van der Waals surface area contributed by atoms with Gasteiger partial charge in [-0.2, -0.15) is 0 Å². The number of aliphatic hydroxyl groups excluding tert-OH is 1. The summed E-state index contributed by atoms with van der Waals surface area (Å²) in [5.74, 6) is 1.29. The molecule has 1 heterocycles. The van der Waals surface area contributed by atoms with Crippen molar-refractivity contribution in [2.45, 2.75) is 45.1 Å². The SMILES string of the molecule is CCC1CCC(C(O)c2ccc3cccnc3c2)CC1. The molecule has 2 aromatic rings. The van der Waals surface area contributed by atoms with E-state index in [-0.39, 0.29) is 6.10 Å². The number of nitrogens with zero attached hydrogens (tertiary/aromatic N) is 1.